The molecule has 1 saturated carbocycles. The number of amides is 3. The molecule has 114 valence electrons. The molecule has 0 bridgehead atoms. The molecule has 0 saturated heterocycles. The van der Waals surface area contributed by atoms with Gasteiger partial charge in [-0.1, -0.05) is 19.3 Å². The van der Waals surface area contributed by atoms with Crippen molar-refractivity contribution in [2.24, 2.45) is 0 Å². The first-order valence-corrected chi connectivity index (χ1v) is 7.19. The fourth-order valence-corrected chi connectivity index (χ4v) is 2.49. The van der Waals surface area contributed by atoms with Crippen molar-refractivity contribution < 1.29 is 14.0 Å². The minimum atomic E-state index is -0.539. The first kappa shape index (κ1) is 15.3. The van der Waals surface area contributed by atoms with Crippen LogP contribution in [0.3, 0.4) is 0 Å². The summed E-state index contributed by atoms with van der Waals surface area (Å²) in [6, 6.07) is 3.79. The number of carbonyl (C=O) groups excluding carboxylic acids is 2. The van der Waals surface area contributed by atoms with Crippen LogP contribution in [0.25, 0.3) is 0 Å². The lowest BCUT2D eigenvalue weighted by atomic mass is 9.96. The number of hydrogen-bond acceptors (Lipinski definition) is 2. The number of urea groups is 1. The lowest BCUT2D eigenvalue weighted by Gasteiger charge is -2.23. The van der Waals surface area contributed by atoms with Gasteiger partial charge in [-0.25, -0.2) is 9.18 Å². The van der Waals surface area contributed by atoms with Crippen molar-refractivity contribution in [1.29, 1.82) is 0 Å². The average Bonchev–Trinajstić information content (AvgIpc) is 2.43. The summed E-state index contributed by atoms with van der Waals surface area (Å²) >= 11 is 0. The zero-order valence-corrected chi connectivity index (χ0v) is 12.0. The Hall–Kier alpha value is -2.11. The highest BCUT2D eigenvalue weighted by Crippen LogP contribution is 2.20. The zero-order chi connectivity index (χ0) is 15.2. The van der Waals surface area contributed by atoms with Gasteiger partial charge in [-0.2, -0.15) is 0 Å². The Bertz CT molecular complexity index is 528. The van der Waals surface area contributed by atoms with E-state index in [1.165, 1.54) is 31.5 Å². The van der Waals surface area contributed by atoms with Crippen molar-refractivity contribution in [1.82, 2.24) is 5.32 Å². The van der Waals surface area contributed by atoms with Crippen molar-refractivity contribution in [3.05, 3.63) is 24.0 Å². The maximum absolute atomic E-state index is 13.7. The van der Waals surface area contributed by atoms with E-state index in [1.54, 1.807) is 0 Å². The fraction of sp³-hybridized carbons (Fsp3) is 0.467. The molecule has 0 aliphatic heterocycles. The van der Waals surface area contributed by atoms with Crippen LogP contribution < -0.4 is 16.0 Å². The summed E-state index contributed by atoms with van der Waals surface area (Å²) in [5, 5.41) is 7.90. The second-order valence-corrected chi connectivity index (χ2v) is 5.31. The molecule has 1 aliphatic carbocycles. The van der Waals surface area contributed by atoms with E-state index in [2.05, 4.69) is 16.0 Å². The highest BCUT2D eigenvalue weighted by Gasteiger charge is 2.16. The van der Waals surface area contributed by atoms with Crippen LogP contribution in [-0.2, 0) is 4.79 Å². The maximum Gasteiger partial charge on any atom is 0.319 e. The van der Waals surface area contributed by atoms with Crippen molar-refractivity contribution in [2.75, 3.05) is 10.6 Å². The van der Waals surface area contributed by atoms with Crippen LogP contribution in [0.2, 0.25) is 0 Å². The number of halogens is 1. The molecule has 3 amide bonds. The lowest BCUT2D eigenvalue weighted by molar-refractivity contribution is -0.114. The minimum absolute atomic E-state index is 0.0505. The summed E-state index contributed by atoms with van der Waals surface area (Å²) < 4.78 is 13.7. The first-order valence-electron chi connectivity index (χ1n) is 7.19. The Morgan fingerprint density at radius 1 is 1.14 bits per heavy atom. The number of hydrogen-bond donors (Lipinski definition) is 3. The van der Waals surface area contributed by atoms with E-state index >= 15 is 0 Å². The number of nitrogens with one attached hydrogen (secondary N) is 3. The predicted molar refractivity (Wildman–Crippen MR) is 79.7 cm³/mol. The van der Waals surface area contributed by atoms with Gasteiger partial charge in [0.15, 0.2) is 0 Å². The summed E-state index contributed by atoms with van der Waals surface area (Å²) in [6.45, 7) is 1.37. The molecule has 0 heterocycles. The molecule has 1 aliphatic rings. The molecule has 1 fully saturated rings. The van der Waals surface area contributed by atoms with E-state index in [0.717, 1.165) is 25.7 Å². The van der Waals surface area contributed by atoms with E-state index in [4.69, 9.17) is 0 Å². The van der Waals surface area contributed by atoms with Crippen molar-refractivity contribution in [3.63, 3.8) is 0 Å². The standard InChI is InChI=1S/C15H20FN3O2/c1-10(20)17-12-7-8-13(16)14(9-12)19-15(21)18-11-5-3-2-4-6-11/h7-9,11H,2-6H2,1H3,(H,17,20)(H2,18,19,21). The summed E-state index contributed by atoms with van der Waals surface area (Å²) in [6.07, 6.45) is 5.34. The van der Waals surface area contributed by atoms with Gasteiger partial charge in [-0.05, 0) is 31.0 Å². The summed E-state index contributed by atoms with van der Waals surface area (Å²) in [7, 11) is 0. The van der Waals surface area contributed by atoms with Crippen LogP contribution in [0.1, 0.15) is 39.0 Å². The summed E-state index contributed by atoms with van der Waals surface area (Å²) in [4.78, 5) is 22.9. The van der Waals surface area contributed by atoms with Gasteiger partial charge in [0.1, 0.15) is 5.82 Å². The number of carbonyl (C=O) groups is 2. The van der Waals surface area contributed by atoms with Gasteiger partial charge in [0, 0.05) is 18.7 Å². The third kappa shape index (κ3) is 4.73. The molecule has 0 radical (unpaired) electrons. The molecule has 0 aromatic heterocycles. The second-order valence-electron chi connectivity index (χ2n) is 5.31. The van der Waals surface area contributed by atoms with Crippen molar-refractivity contribution in [3.8, 4) is 0 Å². The Labute approximate surface area is 123 Å². The predicted octanol–water partition coefficient (Wildman–Crippen LogP) is 3.24. The number of benzene rings is 1. The van der Waals surface area contributed by atoms with Crippen LogP contribution in [0, 0.1) is 5.82 Å². The molecule has 2 rings (SSSR count). The molecule has 1 aromatic carbocycles. The smallest absolute Gasteiger partial charge is 0.319 e. The Balaban J connectivity index is 1.97. The Morgan fingerprint density at radius 3 is 2.52 bits per heavy atom. The molecule has 21 heavy (non-hydrogen) atoms. The second kappa shape index (κ2) is 7.06. The highest BCUT2D eigenvalue weighted by molar-refractivity contribution is 5.92. The highest BCUT2D eigenvalue weighted by atomic mass is 19.1. The average molecular weight is 293 g/mol. The Kier molecular flexibility index (Phi) is 5.14. The van der Waals surface area contributed by atoms with Gasteiger partial charge < -0.3 is 16.0 Å². The number of rotatable bonds is 3. The zero-order valence-electron chi connectivity index (χ0n) is 12.0. The van der Waals surface area contributed by atoms with E-state index in [-0.39, 0.29) is 17.6 Å². The van der Waals surface area contributed by atoms with E-state index in [9.17, 15) is 14.0 Å². The van der Waals surface area contributed by atoms with Crippen LogP contribution in [0.15, 0.2) is 18.2 Å². The molecule has 6 heteroatoms. The monoisotopic (exact) mass is 293 g/mol. The molecular formula is C15H20FN3O2. The lowest BCUT2D eigenvalue weighted by Crippen LogP contribution is -2.39. The molecule has 0 unspecified atom stereocenters. The normalized spacial score (nSPS) is 15.3. The third-order valence-electron chi connectivity index (χ3n) is 3.48. The maximum atomic E-state index is 13.7. The van der Waals surface area contributed by atoms with E-state index < -0.39 is 11.8 Å². The SMILES string of the molecule is CC(=O)Nc1ccc(F)c(NC(=O)NC2CCCCC2)c1. The Morgan fingerprint density at radius 2 is 1.86 bits per heavy atom. The van der Waals surface area contributed by atoms with Gasteiger partial charge in [0.2, 0.25) is 5.91 Å². The van der Waals surface area contributed by atoms with Gasteiger partial charge in [-0.15, -0.1) is 0 Å². The minimum Gasteiger partial charge on any atom is -0.335 e. The molecular weight excluding hydrogens is 273 g/mol. The van der Waals surface area contributed by atoms with Crippen LogP contribution in [0.4, 0.5) is 20.6 Å². The molecule has 1 aromatic rings. The van der Waals surface area contributed by atoms with Gasteiger partial charge >= 0.3 is 6.03 Å². The topological polar surface area (TPSA) is 70.2 Å². The molecule has 5 nitrogen and oxygen atoms in total. The summed E-state index contributed by atoms with van der Waals surface area (Å²) in [5.41, 5.74) is 0.492. The van der Waals surface area contributed by atoms with Gasteiger partial charge in [-0.3, -0.25) is 4.79 Å². The van der Waals surface area contributed by atoms with Gasteiger partial charge in [0.05, 0.1) is 5.69 Å². The quantitative estimate of drug-likeness (QED) is 0.800. The van der Waals surface area contributed by atoms with Crippen LogP contribution in [0.5, 0.6) is 0 Å². The van der Waals surface area contributed by atoms with E-state index in [1.807, 2.05) is 0 Å². The van der Waals surface area contributed by atoms with E-state index in [0.29, 0.717) is 5.69 Å². The molecule has 0 spiro atoms. The van der Waals surface area contributed by atoms with Crippen LogP contribution in [-0.4, -0.2) is 18.0 Å². The largest absolute Gasteiger partial charge is 0.335 e. The third-order valence-corrected chi connectivity index (χ3v) is 3.48. The molecule has 0 atom stereocenters. The number of anilines is 2. The van der Waals surface area contributed by atoms with Crippen molar-refractivity contribution in [2.45, 2.75) is 45.1 Å². The summed E-state index contributed by atoms with van der Waals surface area (Å²) in [5.74, 6) is -0.790. The van der Waals surface area contributed by atoms with Crippen molar-refractivity contribution >= 4 is 23.3 Å². The fourth-order valence-electron chi connectivity index (χ4n) is 2.49. The first-order chi connectivity index (χ1) is 10.0. The van der Waals surface area contributed by atoms with Gasteiger partial charge in [0.25, 0.3) is 0 Å². The molecule has 3 N–H and O–H groups in total. The van der Waals surface area contributed by atoms with Crippen LogP contribution >= 0.6 is 0 Å².